The molecule has 4 aromatic carbocycles. The Bertz CT molecular complexity index is 1450. The number of primary amides is 1. The number of hydrogen-bond donors (Lipinski definition) is 1. The lowest BCUT2D eigenvalue weighted by Crippen LogP contribution is -2.11. The molecule has 1 radical (unpaired) electrons. The van der Waals surface area contributed by atoms with E-state index in [1.54, 1.807) is 13.2 Å². The minimum Gasteiger partial charge on any atom is -0.457 e. The molecule has 0 aliphatic carbocycles. The highest BCUT2D eigenvalue weighted by Gasteiger charge is 2.17. The van der Waals surface area contributed by atoms with Gasteiger partial charge in [-0.15, -0.1) is 0 Å². The Morgan fingerprint density at radius 2 is 1.70 bits per heavy atom. The summed E-state index contributed by atoms with van der Waals surface area (Å²) in [5.41, 5.74) is 10.2. The van der Waals surface area contributed by atoms with Crippen LogP contribution in [0.5, 0.6) is 11.5 Å². The lowest BCUT2D eigenvalue weighted by molar-refractivity contribution is 0.100. The van der Waals surface area contributed by atoms with Gasteiger partial charge in [-0.2, -0.15) is 0 Å². The van der Waals surface area contributed by atoms with Crippen LogP contribution >= 0.6 is 0 Å². The fraction of sp³-hybridized carbons (Fsp3) is 0.107. The summed E-state index contributed by atoms with van der Waals surface area (Å²) >= 11 is 0. The van der Waals surface area contributed by atoms with Gasteiger partial charge in [0.05, 0.1) is 17.6 Å². The predicted molar refractivity (Wildman–Crippen MR) is 130 cm³/mol. The van der Waals surface area contributed by atoms with Gasteiger partial charge in [0.2, 0.25) is 5.91 Å². The number of carbonyl (C=O) groups excluding carboxylic acids is 1. The van der Waals surface area contributed by atoms with Crippen molar-refractivity contribution >= 4 is 27.7 Å². The normalized spacial score (nSPS) is 11.2. The van der Waals surface area contributed by atoms with E-state index in [1.807, 2.05) is 66.7 Å². The van der Waals surface area contributed by atoms with Crippen molar-refractivity contribution in [2.24, 2.45) is 5.73 Å². The van der Waals surface area contributed by atoms with E-state index in [0.29, 0.717) is 18.7 Å². The van der Waals surface area contributed by atoms with Crippen LogP contribution in [0, 0.1) is 6.07 Å². The van der Waals surface area contributed by atoms with Crippen LogP contribution in [-0.4, -0.2) is 17.6 Å². The Balaban J connectivity index is 1.62. The Kier molecular flexibility index (Phi) is 5.55. The van der Waals surface area contributed by atoms with Gasteiger partial charge in [0, 0.05) is 30.0 Å². The summed E-state index contributed by atoms with van der Waals surface area (Å²) in [6.45, 7) is 1.08. The van der Waals surface area contributed by atoms with Crippen LogP contribution in [0.15, 0.2) is 84.9 Å². The maximum Gasteiger partial charge on any atom is 0.249 e. The molecule has 1 heterocycles. The zero-order valence-corrected chi connectivity index (χ0v) is 18.2. The molecular formula is C28H23N2O3. The van der Waals surface area contributed by atoms with Crippen LogP contribution in [0.2, 0.25) is 0 Å². The highest BCUT2D eigenvalue weighted by molar-refractivity contribution is 6.17. The van der Waals surface area contributed by atoms with Crippen molar-refractivity contribution in [2.45, 2.75) is 13.2 Å². The van der Waals surface area contributed by atoms with Crippen molar-refractivity contribution in [1.82, 2.24) is 4.57 Å². The maximum atomic E-state index is 12.2. The quantitative estimate of drug-likeness (QED) is 0.358. The van der Waals surface area contributed by atoms with Gasteiger partial charge < -0.3 is 19.8 Å². The number of methoxy groups -OCH3 is 1. The van der Waals surface area contributed by atoms with E-state index in [-0.39, 0.29) is 0 Å². The van der Waals surface area contributed by atoms with E-state index >= 15 is 0 Å². The molecule has 0 saturated heterocycles. The SMILES string of the molecule is COCc1c[c]c2c3c(C(N)=O)cccc3n(Cc3cccc(Oc4ccccc4)c3)c2c1. The zero-order valence-electron chi connectivity index (χ0n) is 18.2. The number of amides is 1. The first-order valence-electron chi connectivity index (χ1n) is 10.7. The van der Waals surface area contributed by atoms with Crippen LogP contribution in [0.4, 0.5) is 0 Å². The second-order valence-corrected chi connectivity index (χ2v) is 7.91. The standard InChI is InChI=1S/C28H23N2O3/c1-32-18-20-13-14-23-26(16-20)30(25-12-6-11-24(27(23)25)28(29)31)17-19-7-5-10-22(15-19)33-21-8-3-2-4-9-21/h2-13,15-16H,17-18H2,1H3,(H2,29,31). The van der Waals surface area contributed by atoms with Crippen molar-refractivity contribution in [2.75, 3.05) is 7.11 Å². The molecule has 33 heavy (non-hydrogen) atoms. The van der Waals surface area contributed by atoms with Gasteiger partial charge in [-0.25, -0.2) is 0 Å². The predicted octanol–water partition coefficient (Wildman–Crippen LogP) is 5.68. The lowest BCUT2D eigenvalue weighted by Gasteiger charge is -2.11. The van der Waals surface area contributed by atoms with E-state index in [9.17, 15) is 4.79 Å². The molecule has 5 nitrogen and oxygen atoms in total. The number of fused-ring (bicyclic) bond motifs is 3. The van der Waals surface area contributed by atoms with Crippen LogP contribution < -0.4 is 10.5 Å². The topological polar surface area (TPSA) is 66.5 Å². The monoisotopic (exact) mass is 435 g/mol. The number of carbonyl (C=O) groups is 1. The molecule has 5 heteroatoms. The number of nitrogens with two attached hydrogens (primary N) is 1. The van der Waals surface area contributed by atoms with Gasteiger partial charge in [-0.05, 0) is 65.7 Å². The molecule has 0 aliphatic heterocycles. The molecule has 5 aromatic rings. The van der Waals surface area contributed by atoms with Crippen molar-refractivity contribution in [3.05, 3.63) is 108 Å². The largest absolute Gasteiger partial charge is 0.457 e. The molecule has 0 aliphatic rings. The Hall–Kier alpha value is -4.09. The third-order valence-corrected chi connectivity index (χ3v) is 5.65. The third kappa shape index (κ3) is 4.06. The molecule has 0 atom stereocenters. The summed E-state index contributed by atoms with van der Waals surface area (Å²) in [5, 5.41) is 1.69. The molecule has 1 aromatic heterocycles. The number of para-hydroxylation sites is 1. The first-order chi connectivity index (χ1) is 16.1. The molecule has 2 N–H and O–H groups in total. The number of ether oxygens (including phenoxy) is 2. The summed E-state index contributed by atoms with van der Waals surface area (Å²) in [5.74, 6) is 1.10. The first kappa shape index (κ1) is 20.8. The molecule has 0 spiro atoms. The van der Waals surface area contributed by atoms with Crippen LogP contribution in [-0.2, 0) is 17.9 Å². The first-order valence-corrected chi connectivity index (χ1v) is 10.7. The van der Waals surface area contributed by atoms with Crippen LogP contribution in [0.3, 0.4) is 0 Å². The lowest BCUT2D eigenvalue weighted by atomic mass is 10.0. The average molecular weight is 436 g/mol. The highest BCUT2D eigenvalue weighted by Crippen LogP contribution is 2.33. The van der Waals surface area contributed by atoms with E-state index in [2.05, 4.69) is 22.8 Å². The van der Waals surface area contributed by atoms with Crippen molar-refractivity contribution in [3.8, 4) is 11.5 Å². The molecule has 5 rings (SSSR count). The summed E-state index contributed by atoms with van der Waals surface area (Å²) < 4.78 is 13.5. The fourth-order valence-electron chi connectivity index (χ4n) is 4.24. The maximum absolute atomic E-state index is 12.2. The van der Waals surface area contributed by atoms with E-state index in [1.165, 1.54) is 0 Å². The Morgan fingerprint density at radius 3 is 2.48 bits per heavy atom. The molecular weight excluding hydrogens is 412 g/mol. The smallest absolute Gasteiger partial charge is 0.249 e. The highest BCUT2D eigenvalue weighted by atomic mass is 16.5. The van der Waals surface area contributed by atoms with Gasteiger partial charge in [0.15, 0.2) is 0 Å². The van der Waals surface area contributed by atoms with Gasteiger partial charge in [0.1, 0.15) is 11.5 Å². The summed E-state index contributed by atoms with van der Waals surface area (Å²) in [6.07, 6.45) is 0. The fourth-order valence-corrected chi connectivity index (χ4v) is 4.24. The molecule has 0 bridgehead atoms. The van der Waals surface area contributed by atoms with Gasteiger partial charge in [-0.1, -0.05) is 36.4 Å². The summed E-state index contributed by atoms with van der Waals surface area (Å²) in [4.78, 5) is 12.2. The molecule has 163 valence electrons. The molecule has 0 saturated carbocycles. The average Bonchev–Trinajstić information content (AvgIpc) is 3.13. The number of nitrogens with zero attached hydrogens (tertiary/aromatic N) is 1. The van der Waals surface area contributed by atoms with Crippen LogP contribution in [0.25, 0.3) is 21.8 Å². The second-order valence-electron chi connectivity index (χ2n) is 7.91. The zero-order chi connectivity index (χ0) is 22.8. The molecule has 0 unspecified atom stereocenters. The minimum absolute atomic E-state index is 0.452. The number of rotatable bonds is 7. The minimum atomic E-state index is -0.452. The third-order valence-electron chi connectivity index (χ3n) is 5.65. The van der Waals surface area contributed by atoms with Crippen molar-refractivity contribution in [1.29, 1.82) is 0 Å². The molecule has 0 fully saturated rings. The van der Waals surface area contributed by atoms with E-state index in [0.717, 1.165) is 44.4 Å². The van der Waals surface area contributed by atoms with Gasteiger partial charge >= 0.3 is 0 Å². The van der Waals surface area contributed by atoms with E-state index in [4.69, 9.17) is 15.2 Å². The summed E-state index contributed by atoms with van der Waals surface area (Å²) in [7, 11) is 1.67. The number of aromatic nitrogens is 1. The second kappa shape index (κ2) is 8.81. The van der Waals surface area contributed by atoms with Crippen molar-refractivity contribution in [3.63, 3.8) is 0 Å². The number of benzene rings is 4. The Labute approximate surface area is 192 Å². The Morgan fingerprint density at radius 1 is 0.909 bits per heavy atom. The van der Waals surface area contributed by atoms with Gasteiger partial charge in [0.25, 0.3) is 0 Å². The summed E-state index contributed by atoms with van der Waals surface area (Å²) in [6, 6.07) is 30.7. The van der Waals surface area contributed by atoms with E-state index < -0.39 is 5.91 Å². The molecule has 1 amide bonds. The van der Waals surface area contributed by atoms with Crippen LogP contribution in [0.1, 0.15) is 21.5 Å². The van der Waals surface area contributed by atoms with Crippen molar-refractivity contribution < 1.29 is 14.3 Å². The van der Waals surface area contributed by atoms with Gasteiger partial charge in [-0.3, -0.25) is 4.79 Å². The number of hydrogen-bond acceptors (Lipinski definition) is 3.